The van der Waals surface area contributed by atoms with Crippen LogP contribution in [0.2, 0.25) is 0 Å². The molecular weight excluding hydrogens is 454 g/mol. The van der Waals surface area contributed by atoms with Gasteiger partial charge in [0.2, 0.25) is 0 Å². The second-order valence-corrected chi connectivity index (χ2v) is 8.38. The number of primary amides is 1. The first-order valence-corrected chi connectivity index (χ1v) is 10.7. The summed E-state index contributed by atoms with van der Waals surface area (Å²) < 4.78 is 4.93. The highest BCUT2D eigenvalue weighted by Crippen LogP contribution is 2.37. The second kappa shape index (κ2) is 8.77. The van der Waals surface area contributed by atoms with Gasteiger partial charge in [-0.15, -0.1) is 11.3 Å². The van der Waals surface area contributed by atoms with E-state index in [1.165, 1.54) is 17.4 Å². The molecule has 0 aliphatic carbocycles. The number of nitrogens with two attached hydrogens (primary N) is 1. The average molecular weight is 472 g/mol. The number of benzene rings is 1. The number of furan rings is 1. The molecule has 3 aromatic rings. The maximum absolute atomic E-state index is 12.5. The van der Waals surface area contributed by atoms with E-state index in [0.29, 0.717) is 24.6 Å². The number of hydrogen-bond acceptors (Lipinski definition) is 7. The predicted molar refractivity (Wildman–Crippen MR) is 123 cm³/mol. The number of para-hydroxylation sites is 1. The summed E-state index contributed by atoms with van der Waals surface area (Å²) in [6.07, 6.45) is 0.517. The van der Waals surface area contributed by atoms with Crippen LogP contribution in [0.25, 0.3) is 0 Å². The normalized spacial score (nSPS) is 12.7. The fourth-order valence-electron chi connectivity index (χ4n) is 3.36. The highest BCUT2D eigenvalue weighted by molar-refractivity contribution is 7.80. The Labute approximate surface area is 191 Å². The number of nitrogens with one attached hydrogen (secondary N) is 2. The molecule has 0 spiro atoms. The third kappa shape index (κ3) is 4.31. The molecule has 1 aromatic carbocycles. The molecule has 0 radical (unpaired) electrons. The quantitative estimate of drug-likeness (QED) is 0.292. The van der Waals surface area contributed by atoms with Gasteiger partial charge in [-0.3, -0.25) is 19.7 Å². The Morgan fingerprint density at radius 3 is 2.59 bits per heavy atom. The van der Waals surface area contributed by atoms with Gasteiger partial charge in [-0.25, -0.2) is 0 Å². The minimum Gasteiger partial charge on any atom is -0.395 e. The standard InChI is InChI=1S/C20H17N5O5S2/c21-17(26)16-12-8-9-24(20(31)22-11-4-2-1-3-5-11)10-14(12)32-19(16)23-18(27)13-6-7-15(30-13)25(28)29/h1-7H,8-10H2,(H2,21,26)(H,22,31)(H,23,27). The lowest BCUT2D eigenvalue weighted by molar-refractivity contribution is -0.402. The van der Waals surface area contributed by atoms with Crippen molar-refractivity contribution in [2.45, 2.75) is 13.0 Å². The average Bonchev–Trinajstić information content (AvgIpc) is 3.39. The van der Waals surface area contributed by atoms with E-state index < -0.39 is 22.6 Å². The number of thiocarbonyl (C=S) groups is 1. The number of nitrogens with zero attached hydrogens (tertiary/aromatic N) is 2. The van der Waals surface area contributed by atoms with E-state index in [1.807, 2.05) is 35.2 Å². The van der Waals surface area contributed by atoms with E-state index in [9.17, 15) is 19.7 Å². The molecule has 10 nitrogen and oxygen atoms in total. The molecule has 3 heterocycles. The Morgan fingerprint density at radius 1 is 1.19 bits per heavy atom. The predicted octanol–water partition coefficient (Wildman–Crippen LogP) is 3.36. The molecule has 1 aliphatic rings. The molecule has 164 valence electrons. The number of fused-ring (bicyclic) bond motifs is 1. The Bertz CT molecular complexity index is 1220. The minimum atomic E-state index is -0.740. The number of nitro groups is 1. The van der Waals surface area contributed by atoms with Crippen LogP contribution in [-0.2, 0) is 13.0 Å². The molecule has 0 fully saturated rings. The molecule has 4 N–H and O–H groups in total. The Balaban J connectivity index is 1.53. The van der Waals surface area contributed by atoms with Crippen molar-refractivity contribution >= 4 is 57.1 Å². The Hall–Kier alpha value is -3.77. The number of anilines is 2. The SMILES string of the molecule is NC(=O)c1c(NC(=O)c2ccc([N+](=O)[O-])o2)sc2c1CCN(C(=S)Nc1ccccc1)C2. The number of thiophene rings is 1. The fourth-order valence-corrected chi connectivity index (χ4v) is 4.90. The maximum Gasteiger partial charge on any atom is 0.433 e. The highest BCUT2D eigenvalue weighted by Gasteiger charge is 2.29. The third-order valence-electron chi connectivity index (χ3n) is 4.84. The van der Waals surface area contributed by atoms with Crippen LogP contribution in [0.5, 0.6) is 0 Å². The van der Waals surface area contributed by atoms with Crippen LogP contribution in [-0.4, -0.2) is 33.3 Å². The lowest BCUT2D eigenvalue weighted by atomic mass is 10.0. The zero-order chi connectivity index (χ0) is 22.8. The smallest absolute Gasteiger partial charge is 0.395 e. The van der Waals surface area contributed by atoms with Crippen LogP contribution < -0.4 is 16.4 Å². The van der Waals surface area contributed by atoms with Crippen molar-refractivity contribution in [1.29, 1.82) is 0 Å². The molecule has 0 atom stereocenters. The number of amides is 2. The topological polar surface area (TPSA) is 144 Å². The molecule has 0 unspecified atom stereocenters. The lowest BCUT2D eigenvalue weighted by Crippen LogP contribution is -2.38. The number of carbonyl (C=O) groups is 2. The van der Waals surface area contributed by atoms with Crippen LogP contribution in [0, 0.1) is 10.1 Å². The van der Waals surface area contributed by atoms with Gasteiger partial charge < -0.3 is 25.7 Å². The van der Waals surface area contributed by atoms with Crippen LogP contribution in [0.3, 0.4) is 0 Å². The summed E-state index contributed by atoms with van der Waals surface area (Å²) in [5, 5.41) is 17.4. The van der Waals surface area contributed by atoms with E-state index in [1.54, 1.807) is 0 Å². The summed E-state index contributed by atoms with van der Waals surface area (Å²) in [6.45, 7) is 1.02. The molecule has 4 rings (SSSR count). The van der Waals surface area contributed by atoms with Crippen molar-refractivity contribution in [2.24, 2.45) is 5.73 Å². The molecular formula is C20H17N5O5S2. The second-order valence-electron chi connectivity index (χ2n) is 6.89. The van der Waals surface area contributed by atoms with Gasteiger partial charge in [0.1, 0.15) is 9.92 Å². The number of hydrogen-bond donors (Lipinski definition) is 3. The van der Waals surface area contributed by atoms with Crippen molar-refractivity contribution in [3.05, 3.63) is 74.3 Å². The van der Waals surface area contributed by atoms with Gasteiger partial charge in [0.15, 0.2) is 10.9 Å². The van der Waals surface area contributed by atoms with Crippen LogP contribution in [0.4, 0.5) is 16.6 Å². The molecule has 12 heteroatoms. The molecule has 0 bridgehead atoms. The third-order valence-corrected chi connectivity index (χ3v) is 6.33. The summed E-state index contributed by atoms with van der Waals surface area (Å²) in [6, 6.07) is 11.8. The summed E-state index contributed by atoms with van der Waals surface area (Å²) >= 11 is 6.74. The molecule has 2 aromatic heterocycles. The number of carbonyl (C=O) groups excluding carboxylic acids is 2. The van der Waals surface area contributed by atoms with E-state index >= 15 is 0 Å². The largest absolute Gasteiger partial charge is 0.433 e. The maximum atomic E-state index is 12.5. The molecule has 1 aliphatic heterocycles. The van der Waals surface area contributed by atoms with Crippen molar-refractivity contribution < 1.29 is 18.9 Å². The zero-order valence-corrected chi connectivity index (χ0v) is 18.1. The van der Waals surface area contributed by atoms with E-state index in [0.717, 1.165) is 22.2 Å². The van der Waals surface area contributed by atoms with Crippen molar-refractivity contribution in [1.82, 2.24) is 4.90 Å². The van der Waals surface area contributed by atoms with Gasteiger partial charge in [0.25, 0.3) is 11.8 Å². The summed E-state index contributed by atoms with van der Waals surface area (Å²) in [7, 11) is 0. The molecule has 0 saturated heterocycles. The van der Waals surface area contributed by atoms with Crippen molar-refractivity contribution in [2.75, 3.05) is 17.2 Å². The summed E-state index contributed by atoms with van der Waals surface area (Å²) in [5.41, 5.74) is 7.46. The van der Waals surface area contributed by atoms with Gasteiger partial charge in [-0.1, -0.05) is 18.2 Å². The zero-order valence-electron chi connectivity index (χ0n) is 16.5. The Kier molecular flexibility index (Phi) is 5.88. The van der Waals surface area contributed by atoms with Gasteiger partial charge in [0.05, 0.1) is 18.2 Å². The van der Waals surface area contributed by atoms with E-state index in [4.69, 9.17) is 22.4 Å². The lowest BCUT2D eigenvalue weighted by Gasteiger charge is -2.29. The van der Waals surface area contributed by atoms with Gasteiger partial charge in [-0.2, -0.15) is 0 Å². The van der Waals surface area contributed by atoms with Crippen LogP contribution >= 0.6 is 23.6 Å². The van der Waals surface area contributed by atoms with Crippen molar-refractivity contribution in [3.8, 4) is 0 Å². The van der Waals surface area contributed by atoms with E-state index in [-0.39, 0.29) is 16.3 Å². The minimum absolute atomic E-state index is 0.237. The fraction of sp³-hybridized carbons (Fsp3) is 0.150. The van der Waals surface area contributed by atoms with Gasteiger partial charge in [0, 0.05) is 17.1 Å². The first-order chi connectivity index (χ1) is 15.3. The van der Waals surface area contributed by atoms with Crippen molar-refractivity contribution in [3.63, 3.8) is 0 Å². The highest BCUT2D eigenvalue weighted by atomic mass is 32.1. The first kappa shape index (κ1) is 21.5. The summed E-state index contributed by atoms with van der Waals surface area (Å²) in [5.74, 6) is -2.17. The first-order valence-electron chi connectivity index (χ1n) is 9.44. The van der Waals surface area contributed by atoms with E-state index in [2.05, 4.69) is 10.6 Å². The molecule has 2 amide bonds. The molecule has 32 heavy (non-hydrogen) atoms. The summed E-state index contributed by atoms with van der Waals surface area (Å²) in [4.78, 5) is 37.5. The number of rotatable bonds is 5. The van der Waals surface area contributed by atoms with Gasteiger partial charge >= 0.3 is 5.88 Å². The van der Waals surface area contributed by atoms with Gasteiger partial charge in [-0.05, 0) is 42.4 Å². The monoisotopic (exact) mass is 471 g/mol. The van der Waals surface area contributed by atoms with Crippen LogP contribution in [0.15, 0.2) is 46.9 Å². The van der Waals surface area contributed by atoms with Crippen LogP contribution in [0.1, 0.15) is 31.4 Å². The Morgan fingerprint density at radius 2 is 1.94 bits per heavy atom. The molecule has 0 saturated carbocycles.